The molecule has 0 heterocycles. The average molecular weight is 373 g/mol. The fourth-order valence-electron chi connectivity index (χ4n) is 0.836. The van der Waals surface area contributed by atoms with E-state index in [-0.39, 0.29) is 0 Å². The van der Waals surface area contributed by atoms with Gasteiger partial charge in [-0.2, -0.15) is 8.78 Å². The Hall–Kier alpha value is -0.900. The van der Waals surface area contributed by atoms with Crippen LogP contribution in [0.25, 0.3) is 4.13 Å². The van der Waals surface area contributed by atoms with Gasteiger partial charge in [0.2, 0.25) is 0 Å². The zero-order chi connectivity index (χ0) is 17.1. The molecule has 0 radical (unpaired) electrons. The zero-order valence-corrected chi connectivity index (χ0v) is 12.7. The van der Waals surface area contributed by atoms with E-state index in [1.807, 2.05) is 0 Å². The number of ether oxygens (including phenoxy) is 1. The molecule has 10 nitrogen and oxygen atoms in total. The van der Waals surface area contributed by atoms with E-state index in [2.05, 4.69) is 8.86 Å². The van der Waals surface area contributed by atoms with Crippen LogP contribution in [0.5, 0.6) is 0 Å². The molecule has 0 aliphatic rings. The molecule has 15 heteroatoms. The van der Waals surface area contributed by atoms with E-state index >= 15 is 0 Å². The molecule has 0 aliphatic heterocycles. The van der Waals surface area contributed by atoms with E-state index in [1.54, 1.807) is 0 Å². The summed E-state index contributed by atoms with van der Waals surface area (Å²) in [6.07, 6.45) is -0.133. The lowest BCUT2D eigenvalue weighted by Gasteiger charge is -2.19. The van der Waals surface area contributed by atoms with E-state index in [0.29, 0.717) is 6.26 Å². The Kier molecular flexibility index (Phi) is 6.19. The summed E-state index contributed by atoms with van der Waals surface area (Å²) in [5, 5.41) is -5.30. The molecular formula is C6H9F2NO9S3-2. The molecule has 0 aromatic carbocycles. The molecule has 0 N–H and O–H groups in total. The summed E-state index contributed by atoms with van der Waals surface area (Å²) in [4.78, 5) is 10.6. The summed E-state index contributed by atoms with van der Waals surface area (Å²) in [6.45, 7) is -0.984. The first-order valence-corrected chi connectivity index (χ1v) is 9.62. The molecule has 21 heavy (non-hydrogen) atoms. The smallest absolute Gasteiger partial charge is 0.428 e. The second-order valence-electron chi connectivity index (χ2n) is 3.55. The van der Waals surface area contributed by atoms with Crippen LogP contribution in [0.2, 0.25) is 0 Å². The Morgan fingerprint density at radius 3 is 2.05 bits per heavy atom. The largest absolute Gasteiger partial charge is 0.743 e. The van der Waals surface area contributed by atoms with Crippen molar-refractivity contribution in [1.82, 2.24) is 0 Å². The van der Waals surface area contributed by atoms with E-state index in [0.717, 1.165) is 0 Å². The van der Waals surface area contributed by atoms with E-state index in [1.165, 1.54) is 0 Å². The van der Waals surface area contributed by atoms with E-state index in [9.17, 15) is 43.4 Å². The quantitative estimate of drug-likeness (QED) is 0.286. The van der Waals surface area contributed by atoms with Gasteiger partial charge in [-0.1, -0.05) is 0 Å². The molecule has 0 aromatic rings. The van der Waals surface area contributed by atoms with Gasteiger partial charge in [-0.05, 0) is 6.42 Å². The number of sulfonamides is 2. The van der Waals surface area contributed by atoms with Gasteiger partial charge in [-0.15, -0.1) is 0 Å². The van der Waals surface area contributed by atoms with Crippen molar-refractivity contribution in [2.75, 3.05) is 18.6 Å². The Balaban J connectivity index is 4.46. The highest BCUT2D eigenvalue weighted by atomic mass is 32.3. The van der Waals surface area contributed by atoms with Gasteiger partial charge < -0.3 is 13.4 Å². The monoisotopic (exact) mass is 373 g/mol. The summed E-state index contributed by atoms with van der Waals surface area (Å²) in [5.41, 5.74) is 0. The maximum absolute atomic E-state index is 12.6. The predicted molar refractivity (Wildman–Crippen MR) is 62.2 cm³/mol. The lowest BCUT2D eigenvalue weighted by Crippen LogP contribution is -2.39. The summed E-state index contributed by atoms with van der Waals surface area (Å²) in [5.74, 6) is -3.61. The third kappa shape index (κ3) is 7.07. The number of halogens is 2. The number of alkyl halides is 2. The van der Waals surface area contributed by atoms with Crippen LogP contribution >= 0.6 is 0 Å². The summed E-state index contributed by atoms with van der Waals surface area (Å²) < 4.78 is 105. The third-order valence-corrected chi connectivity index (χ3v) is 5.17. The molecular weight excluding hydrogens is 364 g/mol. The van der Waals surface area contributed by atoms with Crippen LogP contribution in [0.4, 0.5) is 8.78 Å². The average Bonchev–Trinajstić information content (AvgIpc) is 2.18. The topological polar surface area (TPSA) is 166 Å². The first-order valence-electron chi connectivity index (χ1n) is 4.76. The number of nitrogens with zero attached hydrogens (tertiary/aromatic N) is 1. The van der Waals surface area contributed by atoms with Gasteiger partial charge in [-0.3, -0.25) is 0 Å². The first kappa shape index (κ1) is 20.1. The van der Waals surface area contributed by atoms with Gasteiger partial charge in [-0.25, -0.2) is 30.0 Å². The van der Waals surface area contributed by atoms with E-state index < -0.39 is 60.2 Å². The van der Waals surface area contributed by atoms with Crippen LogP contribution in [0.1, 0.15) is 6.42 Å². The molecule has 0 unspecified atom stereocenters. The minimum absolute atomic E-state index is 0.504. The van der Waals surface area contributed by atoms with Crippen LogP contribution in [0, 0.1) is 0 Å². The fraction of sp³-hybridized carbons (Fsp3) is 0.833. The molecule has 0 aliphatic carbocycles. The van der Waals surface area contributed by atoms with Crippen LogP contribution in [0.3, 0.4) is 0 Å². The predicted octanol–water partition coefficient (Wildman–Crippen LogP) is -1.28. The highest BCUT2D eigenvalue weighted by Gasteiger charge is 2.48. The Morgan fingerprint density at radius 2 is 1.67 bits per heavy atom. The van der Waals surface area contributed by atoms with Crippen molar-refractivity contribution in [2.24, 2.45) is 0 Å². The zero-order valence-electron chi connectivity index (χ0n) is 10.2. The lowest BCUT2D eigenvalue weighted by atomic mass is 10.5. The molecule has 0 fully saturated rings. The van der Waals surface area contributed by atoms with Crippen LogP contribution in [-0.2, 0) is 39.7 Å². The van der Waals surface area contributed by atoms with Gasteiger partial charge in [0, 0.05) is 12.0 Å². The van der Waals surface area contributed by atoms with Crippen LogP contribution in [0.15, 0.2) is 0 Å². The van der Waals surface area contributed by atoms with Crippen molar-refractivity contribution in [1.29, 1.82) is 0 Å². The van der Waals surface area contributed by atoms with Crippen LogP contribution < -0.4 is 0 Å². The Bertz CT molecular complexity index is 694. The van der Waals surface area contributed by atoms with Crippen molar-refractivity contribution in [3.63, 3.8) is 0 Å². The second-order valence-corrected chi connectivity index (χ2v) is 8.61. The normalized spacial score (nSPS) is 13.9. The first-order chi connectivity index (χ1) is 9.08. The molecule has 0 saturated heterocycles. The van der Waals surface area contributed by atoms with Crippen molar-refractivity contribution in [3.05, 3.63) is 4.13 Å². The van der Waals surface area contributed by atoms with Crippen molar-refractivity contribution < 1.29 is 48.1 Å². The van der Waals surface area contributed by atoms with Crippen molar-refractivity contribution in [2.45, 2.75) is 11.7 Å². The number of carbonyl (C=O) groups excluding carboxylic acids is 1. The van der Waals surface area contributed by atoms with Gasteiger partial charge in [0.25, 0.3) is 0 Å². The fourth-order valence-corrected chi connectivity index (χ4v) is 3.53. The maximum Gasteiger partial charge on any atom is 0.428 e. The molecule has 0 bridgehead atoms. The Labute approximate surface area is 119 Å². The third-order valence-electron chi connectivity index (χ3n) is 1.58. The molecule has 0 amide bonds. The minimum atomic E-state index is -6.27. The lowest BCUT2D eigenvalue weighted by molar-refractivity contribution is -0.161. The highest BCUT2D eigenvalue weighted by molar-refractivity contribution is 8.11. The Morgan fingerprint density at radius 1 is 1.19 bits per heavy atom. The summed E-state index contributed by atoms with van der Waals surface area (Å²) >= 11 is 0. The summed E-state index contributed by atoms with van der Waals surface area (Å²) in [7, 11) is -14.9. The number of hydrogen-bond acceptors (Lipinski definition) is 9. The second kappa shape index (κ2) is 6.47. The number of hydrogen-bond donors (Lipinski definition) is 0. The van der Waals surface area contributed by atoms with Gasteiger partial charge >= 0.3 is 11.2 Å². The molecule has 126 valence electrons. The number of esters is 1. The minimum Gasteiger partial charge on any atom is -0.743 e. The highest BCUT2D eigenvalue weighted by Crippen LogP contribution is 2.22. The van der Waals surface area contributed by atoms with Crippen LogP contribution in [-0.4, -0.2) is 59.6 Å². The molecule has 0 aromatic heterocycles. The van der Waals surface area contributed by atoms with Crippen molar-refractivity contribution in [3.8, 4) is 0 Å². The SMILES string of the molecule is CS(=O)(=O)[N-]S(=O)(=O)CCCOC(=O)C(F)(F)S(=O)(=O)[O-]. The molecule has 0 rings (SSSR count). The van der Waals surface area contributed by atoms with Crippen molar-refractivity contribution >= 4 is 36.1 Å². The molecule has 0 spiro atoms. The number of carbonyl (C=O) groups is 1. The maximum atomic E-state index is 12.6. The van der Waals surface area contributed by atoms with Gasteiger partial charge in [0.15, 0.2) is 10.1 Å². The van der Waals surface area contributed by atoms with E-state index in [4.69, 9.17) is 0 Å². The molecule has 0 atom stereocenters. The molecule has 0 saturated carbocycles. The standard InChI is InChI=1S/C6H10F2NO9S3/c1-19(11,12)9-20(13,14)4-2-3-18-5(10)6(7,8)21(15,16)17/h2-4H2,1H3,(H,15,16,17)/q-1/p-1. The number of rotatable bonds is 8. The van der Waals surface area contributed by atoms with Gasteiger partial charge in [0.05, 0.1) is 26.7 Å². The van der Waals surface area contributed by atoms with Gasteiger partial charge in [0.1, 0.15) is 0 Å². The summed E-state index contributed by atoms with van der Waals surface area (Å²) in [6, 6.07) is 0.